The summed E-state index contributed by atoms with van der Waals surface area (Å²) < 4.78 is 0. The first-order valence-corrected chi connectivity index (χ1v) is 8.39. The van der Waals surface area contributed by atoms with Crippen molar-refractivity contribution >= 4 is 0 Å². The van der Waals surface area contributed by atoms with Gasteiger partial charge in [0.2, 0.25) is 0 Å². The third kappa shape index (κ3) is 3.73. The lowest BCUT2D eigenvalue weighted by atomic mass is 9.86. The highest BCUT2D eigenvalue weighted by atomic mass is 16.3. The Bertz CT molecular complexity index is 753. The summed E-state index contributed by atoms with van der Waals surface area (Å²) in [4.78, 5) is 0. The van der Waals surface area contributed by atoms with Gasteiger partial charge in [0.05, 0.1) is 0 Å². The lowest BCUT2D eigenvalue weighted by Crippen LogP contribution is -2.86. The van der Waals surface area contributed by atoms with Gasteiger partial charge in [-0.25, -0.2) is 0 Å². The van der Waals surface area contributed by atoms with Gasteiger partial charge in [0.1, 0.15) is 13.1 Å². The fourth-order valence-corrected chi connectivity index (χ4v) is 3.01. The van der Waals surface area contributed by atoms with Gasteiger partial charge >= 0.3 is 0 Å². The van der Waals surface area contributed by atoms with Crippen LogP contribution in [0.4, 0.5) is 0 Å². The number of hydrogen-bond donors (Lipinski definition) is 2. The van der Waals surface area contributed by atoms with Crippen molar-refractivity contribution in [3.05, 3.63) is 107 Å². The zero-order valence-corrected chi connectivity index (χ0v) is 14.0. The third-order valence-corrected chi connectivity index (χ3v) is 4.44. The summed E-state index contributed by atoms with van der Waals surface area (Å²) in [7, 11) is 0. The molecular formula is C22H24NO+. The molecule has 3 rings (SSSR count). The number of nitrogens with two attached hydrogens (primary N) is 1. The first-order chi connectivity index (χ1) is 11.7. The predicted molar refractivity (Wildman–Crippen MR) is 97.6 cm³/mol. The molecule has 0 aliphatic carbocycles. The Morgan fingerprint density at radius 3 is 1.92 bits per heavy atom. The summed E-state index contributed by atoms with van der Waals surface area (Å²) >= 11 is 0. The average Bonchev–Trinajstić information content (AvgIpc) is 2.64. The predicted octanol–water partition coefficient (Wildman–Crippen LogP) is 2.99. The van der Waals surface area contributed by atoms with Crippen molar-refractivity contribution in [2.24, 2.45) is 0 Å². The first-order valence-electron chi connectivity index (χ1n) is 8.39. The summed E-state index contributed by atoms with van der Waals surface area (Å²) in [6.07, 6.45) is 0. The van der Waals surface area contributed by atoms with Gasteiger partial charge in [0.15, 0.2) is 5.60 Å². The minimum absolute atomic E-state index is 0.578. The monoisotopic (exact) mass is 318 g/mol. The molecule has 3 aromatic carbocycles. The molecule has 0 unspecified atom stereocenters. The number of aryl methyl sites for hydroxylation is 1. The van der Waals surface area contributed by atoms with E-state index in [1.807, 2.05) is 60.7 Å². The van der Waals surface area contributed by atoms with Crippen molar-refractivity contribution in [3.8, 4) is 0 Å². The molecule has 0 spiro atoms. The average molecular weight is 318 g/mol. The molecule has 0 aliphatic rings. The smallest absolute Gasteiger partial charge is 0.163 e. The maximum absolute atomic E-state index is 11.5. The summed E-state index contributed by atoms with van der Waals surface area (Å²) in [5.41, 5.74) is 3.32. The molecule has 0 bridgehead atoms. The highest BCUT2D eigenvalue weighted by Crippen LogP contribution is 2.28. The zero-order chi connectivity index (χ0) is 16.8. The minimum Gasteiger partial charge on any atom is -0.375 e. The second kappa shape index (κ2) is 7.43. The SMILES string of the molecule is Cc1ccc([C@](O)(C[NH2+]Cc2ccccc2)c2ccccc2)cc1. The Kier molecular flexibility index (Phi) is 5.09. The molecule has 122 valence electrons. The Morgan fingerprint density at radius 2 is 1.29 bits per heavy atom. The van der Waals surface area contributed by atoms with Crippen molar-refractivity contribution < 1.29 is 10.4 Å². The summed E-state index contributed by atoms with van der Waals surface area (Å²) in [5, 5.41) is 13.7. The quantitative estimate of drug-likeness (QED) is 0.720. The molecule has 0 radical (unpaired) electrons. The molecule has 24 heavy (non-hydrogen) atoms. The fourth-order valence-electron chi connectivity index (χ4n) is 3.01. The molecule has 3 aromatic rings. The number of rotatable bonds is 6. The van der Waals surface area contributed by atoms with Crippen LogP contribution in [0.2, 0.25) is 0 Å². The van der Waals surface area contributed by atoms with Gasteiger partial charge in [0.25, 0.3) is 0 Å². The summed E-state index contributed by atoms with van der Waals surface area (Å²) in [6.45, 7) is 3.49. The van der Waals surface area contributed by atoms with Crippen molar-refractivity contribution in [2.45, 2.75) is 19.1 Å². The zero-order valence-electron chi connectivity index (χ0n) is 14.0. The van der Waals surface area contributed by atoms with Crippen LogP contribution in [0.25, 0.3) is 0 Å². The van der Waals surface area contributed by atoms with E-state index in [1.165, 1.54) is 11.1 Å². The van der Waals surface area contributed by atoms with Crippen LogP contribution < -0.4 is 5.32 Å². The van der Waals surface area contributed by atoms with Crippen molar-refractivity contribution in [1.29, 1.82) is 0 Å². The molecule has 0 heterocycles. The topological polar surface area (TPSA) is 36.8 Å². The maximum Gasteiger partial charge on any atom is 0.163 e. The molecule has 1 atom stereocenters. The van der Waals surface area contributed by atoms with E-state index in [0.717, 1.165) is 17.7 Å². The summed E-state index contributed by atoms with van der Waals surface area (Å²) in [6, 6.07) is 28.4. The standard InChI is InChI=1S/C22H23NO/c1-18-12-14-21(15-13-18)22(24,20-10-6-3-7-11-20)17-23-16-19-8-4-2-5-9-19/h2-15,23-24H,16-17H2,1H3/p+1/t22-/m0/s1. The minimum atomic E-state index is -0.996. The fraction of sp³-hybridized carbons (Fsp3) is 0.182. The Labute approximate surface area is 143 Å². The lowest BCUT2D eigenvalue weighted by Gasteiger charge is -2.28. The number of hydrogen-bond acceptors (Lipinski definition) is 1. The highest BCUT2D eigenvalue weighted by Gasteiger charge is 2.33. The molecule has 0 saturated carbocycles. The maximum atomic E-state index is 11.5. The number of quaternary nitrogens is 1. The van der Waals surface area contributed by atoms with Crippen LogP contribution in [0.3, 0.4) is 0 Å². The van der Waals surface area contributed by atoms with E-state index in [9.17, 15) is 5.11 Å². The van der Waals surface area contributed by atoms with Gasteiger partial charge in [0, 0.05) is 5.56 Å². The van der Waals surface area contributed by atoms with E-state index in [-0.39, 0.29) is 0 Å². The molecule has 0 aromatic heterocycles. The van der Waals surface area contributed by atoms with Crippen LogP contribution in [-0.4, -0.2) is 11.7 Å². The Balaban J connectivity index is 1.83. The molecule has 0 aliphatic heterocycles. The van der Waals surface area contributed by atoms with Gasteiger partial charge in [-0.05, 0) is 18.1 Å². The van der Waals surface area contributed by atoms with Crippen LogP contribution >= 0.6 is 0 Å². The third-order valence-electron chi connectivity index (χ3n) is 4.44. The molecule has 0 fully saturated rings. The summed E-state index contributed by atoms with van der Waals surface area (Å²) in [5.74, 6) is 0. The highest BCUT2D eigenvalue weighted by molar-refractivity contribution is 5.37. The van der Waals surface area contributed by atoms with Gasteiger partial charge < -0.3 is 10.4 Å². The van der Waals surface area contributed by atoms with Crippen molar-refractivity contribution in [3.63, 3.8) is 0 Å². The van der Waals surface area contributed by atoms with Crippen molar-refractivity contribution in [1.82, 2.24) is 0 Å². The molecular weight excluding hydrogens is 294 g/mol. The largest absolute Gasteiger partial charge is 0.375 e. The van der Waals surface area contributed by atoms with Crippen LogP contribution in [0.1, 0.15) is 22.3 Å². The van der Waals surface area contributed by atoms with Gasteiger partial charge in [-0.2, -0.15) is 0 Å². The van der Waals surface area contributed by atoms with Crippen LogP contribution in [0.15, 0.2) is 84.9 Å². The van der Waals surface area contributed by atoms with Gasteiger partial charge in [-0.15, -0.1) is 0 Å². The Morgan fingerprint density at radius 1 is 0.750 bits per heavy atom. The van der Waals surface area contributed by atoms with E-state index in [1.54, 1.807) is 0 Å². The Hall–Kier alpha value is -2.42. The first kappa shape index (κ1) is 16.4. The number of aliphatic hydroxyl groups is 1. The molecule has 0 saturated heterocycles. The van der Waals surface area contributed by atoms with E-state index in [4.69, 9.17) is 0 Å². The second-order valence-corrected chi connectivity index (χ2v) is 6.27. The second-order valence-electron chi connectivity index (χ2n) is 6.27. The van der Waals surface area contributed by atoms with E-state index < -0.39 is 5.60 Å². The normalized spacial score (nSPS) is 13.4. The van der Waals surface area contributed by atoms with Crippen molar-refractivity contribution in [2.75, 3.05) is 6.54 Å². The van der Waals surface area contributed by atoms with Crippen LogP contribution in [0.5, 0.6) is 0 Å². The lowest BCUT2D eigenvalue weighted by molar-refractivity contribution is -0.682. The van der Waals surface area contributed by atoms with Gasteiger partial charge in [-0.1, -0.05) is 90.5 Å². The van der Waals surface area contributed by atoms with E-state index >= 15 is 0 Å². The van der Waals surface area contributed by atoms with Crippen LogP contribution in [0, 0.1) is 6.92 Å². The van der Waals surface area contributed by atoms with Gasteiger partial charge in [-0.3, -0.25) is 0 Å². The molecule has 0 amide bonds. The number of benzene rings is 3. The molecule has 2 nitrogen and oxygen atoms in total. The van der Waals surface area contributed by atoms with E-state index in [2.05, 4.69) is 36.5 Å². The van der Waals surface area contributed by atoms with Crippen LogP contribution in [-0.2, 0) is 12.1 Å². The molecule has 3 N–H and O–H groups in total. The van der Waals surface area contributed by atoms with E-state index in [0.29, 0.717) is 6.54 Å². The molecule has 2 heteroatoms.